The highest BCUT2D eigenvalue weighted by Crippen LogP contribution is 2.19. The van der Waals surface area contributed by atoms with Gasteiger partial charge in [-0.25, -0.2) is 0 Å². The summed E-state index contributed by atoms with van der Waals surface area (Å²) in [6.45, 7) is 15.9. The lowest BCUT2D eigenvalue weighted by Gasteiger charge is -2.18. The number of carbonyl (C=O) groups excluding carboxylic acids is 1. The van der Waals surface area contributed by atoms with Crippen molar-refractivity contribution in [1.29, 1.82) is 0 Å². The van der Waals surface area contributed by atoms with Crippen LogP contribution in [0.1, 0.15) is 39.2 Å². The number of nitrogens with one attached hydrogen (secondary N) is 1. The first-order valence-corrected chi connectivity index (χ1v) is 8.35. The van der Waals surface area contributed by atoms with Gasteiger partial charge in [-0.3, -0.25) is 4.79 Å². The molecule has 4 heteroatoms. The molecular weight excluding hydrogens is 288 g/mol. The maximum atomic E-state index is 12.1. The van der Waals surface area contributed by atoms with Crippen LogP contribution in [0.4, 0.5) is 5.69 Å². The summed E-state index contributed by atoms with van der Waals surface area (Å²) in [7, 11) is 0. The number of rotatable bonds is 10. The van der Waals surface area contributed by atoms with Crippen LogP contribution in [0.25, 0.3) is 0 Å². The molecule has 0 aromatic heterocycles. The van der Waals surface area contributed by atoms with Gasteiger partial charge in [0.2, 0.25) is 0 Å². The van der Waals surface area contributed by atoms with E-state index in [0.29, 0.717) is 6.61 Å². The number of benzene rings is 1. The van der Waals surface area contributed by atoms with Crippen molar-refractivity contribution in [2.45, 2.75) is 33.6 Å². The van der Waals surface area contributed by atoms with Gasteiger partial charge < -0.3 is 15.0 Å². The predicted molar refractivity (Wildman–Crippen MR) is 96.9 cm³/mol. The minimum atomic E-state index is -0.248. The Morgan fingerprint density at radius 1 is 1.26 bits per heavy atom. The maximum absolute atomic E-state index is 12.1. The Hall–Kier alpha value is -1.81. The second-order valence-corrected chi connectivity index (χ2v) is 5.85. The number of esters is 1. The molecule has 0 radical (unpaired) electrons. The van der Waals surface area contributed by atoms with Gasteiger partial charge in [-0.15, -0.1) is 0 Å². The Morgan fingerprint density at radius 3 is 2.39 bits per heavy atom. The van der Waals surface area contributed by atoms with E-state index in [1.807, 2.05) is 38.1 Å². The third-order valence-corrected chi connectivity index (χ3v) is 3.90. The molecule has 0 saturated carbocycles. The van der Waals surface area contributed by atoms with Crippen LogP contribution in [0.2, 0.25) is 0 Å². The molecule has 0 aliphatic rings. The molecule has 1 N–H and O–H groups in total. The van der Waals surface area contributed by atoms with Crippen molar-refractivity contribution in [2.24, 2.45) is 0 Å². The number of hydrogen-bond acceptors (Lipinski definition) is 4. The van der Waals surface area contributed by atoms with Gasteiger partial charge in [0.05, 0.1) is 5.92 Å². The molecule has 128 valence electrons. The number of nitrogens with zero attached hydrogens (tertiary/aromatic N) is 1. The zero-order chi connectivity index (χ0) is 17.2. The van der Waals surface area contributed by atoms with Crippen LogP contribution >= 0.6 is 0 Å². The molecule has 0 spiro atoms. The number of anilines is 1. The number of carbonyl (C=O) groups is 1. The number of likely N-dealkylation sites (N-methyl/N-ethyl adjacent to an activating group) is 1. The predicted octanol–water partition coefficient (Wildman–Crippen LogP) is 3.66. The first-order valence-electron chi connectivity index (χ1n) is 8.35. The van der Waals surface area contributed by atoms with Gasteiger partial charge in [-0.2, -0.15) is 0 Å². The Bertz CT molecular complexity index is 493. The molecule has 1 atom stereocenters. The normalized spacial score (nSPS) is 12.0. The molecule has 23 heavy (non-hydrogen) atoms. The van der Waals surface area contributed by atoms with Gasteiger partial charge in [0, 0.05) is 18.8 Å². The van der Waals surface area contributed by atoms with E-state index in [0.717, 1.165) is 43.0 Å². The van der Waals surface area contributed by atoms with Crippen LogP contribution < -0.4 is 5.32 Å². The molecule has 0 aliphatic heterocycles. The number of ether oxygens (including phenoxy) is 1. The Balaban J connectivity index is 2.47. The van der Waals surface area contributed by atoms with Crippen molar-refractivity contribution >= 4 is 11.7 Å². The highest BCUT2D eigenvalue weighted by Gasteiger charge is 2.16. The van der Waals surface area contributed by atoms with Gasteiger partial charge >= 0.3 is 5.97 Å². The molecule has 0 bridgehead atoms. The van der Waals surface area contributed by atoms with Crippen LogP contribution in [-0.2, 0) is 9.53 Å². The van der Waals surface area contributed by atoms with E-state index in [-0.39, 0.29) is 11.9 Å². The maximum Gasteiger partial charge on any atom is 0.313 e. The zero-order valence-electron chi connectivity index (χ0n) is 14.9. The molecule has 0 fully saturated rings. The molecule has 0 aliphatic carbocycles. The molecule has 0 amide bonds. The van der Waals surface area contributed by atoms with Crippen LogP contribution in [0.5, 0.6) is 0 Å². The molecular formula is C19H30N2O2. The summed E-state index contributed by atoms with van der Waals surface area (Å²) in [5.74, 6) is -0.415. The fraction of sp³-hybridized carbons (Fsp3) is 0.526. The highest BCUT2D eigenvalue weighted by atomic mass is 16.5. The lowest BCUT2D eigenvalue weighted by molar-refractivity contribution is -0.145. The van der Waals surface area contributed by atoms with E-state index in [1.165, 1.54) is 0 Å². The van der Waals surface area contributed by atoms with Crippen molar-refractivity contribution < 1.29 is 9.53 Å². The molecule has 1 rings (SSSR count). The van der Waals surface area contributed by atoms with Crippen LogP contribution in [0.15, 0.2) is 36.4 Å². The topological polar surface area (TPSA) is 41.6 Å². The standard InChI is InChI=1S/C19H30N2O2/c1-6-21(7-2)12-13-23-19(22)16(5)17-8-10-18(11-9-17)20-14-15(3)4/h8-11,16,20H,3,6-7,12-14H2,1-2,4-5H3. The fourth-order valence-corrected chi connectivity index (χ4v) is 2.22. The average Bonchev–Trinajstić information content (AvgIpc) is 2.56. The van der Waals surface area contributed by atoms with E-state index < -0.39 is 0 Å². The van der Waals surface area contributed by atoms with E-state index in [1.54, 1.807) is 0 Å². The second-order valence-electron chi connectivity index (χ2n) is 5.85. The van der Waals surface area contributed by atoms with Crippen LogP contribution in [-0.4, -0.2) is 43.7 Å². The monoisotopic (exact) mass is 318 g/mol. The summed E-state index contributed by atoms with van der Waals surface area (Å²) in [5.41, 5.74) is 3.08. The van der Waals surface area contributed by atoms with Crippen LogP contribution in [0.3, 0.4) is 0 Å². The Kier molecular flexibility index (Phi) is 8.41. The Morgan fingerprint density at radius 2 is 1.87 bits per heavy atom. The average molecular weight is 318 g/mol. The molecule has 1 aromatic carbocycles. The highest BCUT2D eigenvalue weighted by molar-refractivity contribution is 5.77. The van der Waals surface area contributed by atoms with Gasteiger partial charge in [0.1, 0.15) is 6.61 Å². The summed E-state index contributed by atoms with van der Waals surface area (Å²) in [6.07, 6.45) is 0. The largest absolute Gasteiger partial charge is 0.464 e. The molecule has 0 saturated heterocycles. The van der Waals surface area contributed by atoms with Gasteiger partial charge in [0.25, 0.3) is 0 Å². The van der Waals surface area contributed by atoms with E-state index >= 15 is 0 Å². The summed E-state index contributed by atoms with van der Waals surface area (Å²) in [4.78, 5) is 14.4. The lowest BCUT2D eigenvalue weighted by Crippen LogP contribution is -2.28. The van der Waals surface area contributed by atoms with Crippen molar-refractivity contribution in [2.75, 3.05) is 38.1 Å². The fourth-order valence-electron chi connectivity index (χ4n) is 2.22. The molecule has 1 unspecified atom stereocenters. The minimum Gasteiger partial charge on any atom is -0.464 e. The van der Waals surface area contributed by atoms with E-state index in [2.05, 4.69) is 30.6 Å². The van der Waals surface area contributed by atoms with Crippen LogP contribution in [0, 0.1) is 0 Å². The molecule has 0 heterocycles. The quantitative estimate of drug-likeness (QED) is 0.528. The molecule has 1 aromatic rings. The first kappa shape index (κ1) is 19.2. The van der Waals surface area contributed by atoms with E-state index in [9.17, 15) is 4.79 Å². The van der Waals surface area contributed by atoms with Gasteiger partial charge in [0.15, 0.2) is 0 Å². The third-order valence-electron chi connectivity index (χ3n) is 3.90. The summed E-state index contributed by atoms with van der Waals surface area (Å²) in [5, 5.41) is 3.28. The van der Waals surface area contributed by atoms with Crippen molar-refractivity contribution in [3.05, 3.63) is 42.0 Å². The second kappa shape index (κ2) is 10.1. The molecule has 4 nitrogen and oxygen atoms in total. The number of hydrogen-bond donors (Lipinski definition) is 1. The van der Waals surface area contributed by atoms with Gasteiger partial charge in [-0.1, -0.05) is 38.1 Å². The third kappa shape index (κ3) is 6.87. The van der Waals surface area contributed by atoms with Crippen molar-refractivity contribution in [1.82, 2.24) is 4.90 Å². The Labute approximate surface area is 140 Å². The van der Waals surface area contributed by atoms with Crippen molar-refractivity contribution in [3.8, 4) is 0 Å². The SMILES string of the molecule is C=C(C)CNc1ccc(C(C)C(=O)OCCN(CC)CC)cc1. The first-order chi connectivity index (χ1) is 11.0. The van der Waals surface area contributed by atoms with Gasteiger partial charge in [-0.05, 0) is 44.6 Å². The smallest absolute Gasteiger partial charge is 0.313 e. The van der Waals surface area contributed by atoms with Crippen molar-refractivity contribution in [3.63, 3.8) is 0 Å². The van der Waals surface area contributed by atoms with E-state index in [4.69, 9.17) is 4.74 Å². The summed E-state index contributed by atoms with van der Waals surface area (Å²) >= 11 is 0. The summed E-state index contributed by atoms with van der Waals surface area (Å²) in [6, 6.07) is 7.91. The minimum absolute atomic E-state index is 0.167. The zero-order valence-corrected chi connectivity index (χ0v) is 14.9. The summed E-state index contributed by atoms with van der Waals surface area (Å²) < 4.78 is 5.39. The lowest BCUT2D eigenvalue weighted by atomic mass is 10.0.